The molecule has 1 aliphatic heterocycles. The fraction of sp³-hybridized carbons (Fsp3) is 0.189. The maximum absolute atomic E-state index is 10.3. The molecule has 41 heavy (non-hydrogen) atoms. The molecule has 0 aliphatic carbocycles. The van der Waals surface area contributed by atoms with Crippen LogP contribution in [0.4, 0.5) is 0 Å². The molecule has 7 rings (SSSR count). The molecule has 0 saturated carbocycles. The molecule has 3 heterocycles. The first-order chi connectivity index (χ1) is 19.6. The molecule has 4 aromatic carbocycles. The highest BCUT2D eigenvalue weighted by atomic mass is 28.3. The number of rotatable bonds is 2. The molecule has 2 aromatic heterocycles. The topological polar surface area (TPSA) is 40.8 Å². The lowest BCUT2D eigenvalue weighted by Crippen LogP contribution is -2.61. The summed E-state index contributed by atoms with van der Waals surface area (Å²) in [5.41, 5.74) is 10.1. The van der Waals surface area contributed by atoms with Crippen LogP contribution in [0.15, 0.2) is 95.5 Å². The molecule has 0 amide bonds. The second-order valence-electron chi connectivity index (χ2n) is 12.5. The summed E-state index contributed by atoms with van der Waals surface area (Å²) in [4.78, 5) is 0. The molecular weight excluding hydrogens is 517 g/mol. The first-order valence-corrected chi connectivity index (χ1v) is 17.2. The zero-order chi connectivity index (χ0) is 28.7. The first-order valence-electron chi connectivity index (χ1n) is 14.2. The Bertz CT molecular complexity index is 2090. The van der Waals surface area contributed by atoms with Crippen LogP contribution in [0, 0.1) is 18.3 Å². The summed E-state index contributed by atoms with van der Waals surface area (Å²) in [5, 5.41) is 15.4. The number of hydrogen-bond acceptors (Lipinski definition) is 2. The minimum atomic E-state index is -1.89. The highest BCUT2D eigenvalue weighted by Crippen LogP contribution is 2.43. The van der Waals surface area contributed by atoms with Crippen molar-refractivity contribution in [2.75, 3.05) is 0 Å². The normalized spacial score (nSPS) is 15.0. The zero-order valence-corrected chi connectivity index (χ0v) is 25.5. The van der Waals surface area contributed by atoms with E-state index >= 15 is 0 Å². The van der Waals surface area contributed by atoms with Crippen molar-refractivity contribution in [2.45, 2.75) is 39.3 Å². The Balaban J connectivity index is 1.53. The highest BCUT2D eigenvalue weighted by molar-refractivity contribution is 7.01. The van der Waals surface area contributed by atoms with Gasteiger partial charge in [-0.3, -0.25) is 0 Å². The summed E-state index contributed by atoms with van der Waals surface area (Å²) in [7, 11) is 0.169. The lowest BCUT2D eigenvalue weighted by atomic mass is 9.76. The molecule has 0 radical (unpaired) electrons. The molecule has 0 saturated heterocycles. The molecule has 0 fully saturated rings. The van der Waals surface area contributed by atoms with Gasteiger partial charge in [0.05, 0.1) is 17.2 Å². The van der Waals surface area contributed by atoms with E-state index in [2.05, 4.69) is 124 Å². The van der Waals surface area contributed by atoms with E-state index in [0.717, 1.165) is 49.9 Å². The second-order valence-corrected chi connectivity index (χ2v) is 16.8. The highest BCUT2D eigenvalue weighted by Gasteiger charge is 2.42. The molecule has 0 bridgehead atoms. The van der Waals surface area contributed by atoms with Gasteiger partial charge in [0.15, 0.2) is 6.20 Å². The maximum Gasteiger partial charge on any atom is 0.216 e. The van der Waals surface area contributed by atoms with Gasteiger partial charge in [-0.15, -0.1) is 0 Å². The molecule has 0 atom stereocenters. The van der Waals surface area contributed by atoms with Crippen LogP contribution in [-0.4, -0.2) is 8.07 Å². The van der Waals surface area contributed by atoms with Crippen molar-refractivity contribution in [1.29, 1.82) is 5.26 Å². The molecule has 0 unspecified atom stereocenters. The number of hydrogen-bond donors (Lipinski definition) is 0. The van der Waals surface area contributed by atoms with Gasteiger partial charge in [-0.1, -0.05) is 91.9 Å². The standard InChI is InChI=1S/C37H33N2OSi/c1-23-14-17-26-27-18-15-25(22-38)34(36(27)40-35(26)33(23)30-12-9-10-20-39(30)4)24-16-19-32-29(21-24)37(2,3)28-11-7-8-13-31(28)41(32,5)6/h7-21H,1-6H3/q+1. The number of pyridine rings is 1. The third kappa shape index (κ3) is 3.52. The summed E-state index contributed by atoms with van der Waals surface area (Å²) < 4.78 is 8.97. The van der Waals surface area contributed by atoms with E-state index in [1.807, 2.05) is 18.2 Å². The predicted molar refractivity (Wildman–Crippen MR) is 171 cm³/mol. The average Bonchev–Trinajstić information content (AvgIpc) is 3.35. The van der Waals surface area contributed by atoms with E-state index in [9.17, 15) is 5.26 Å². The SMILES string of the molecule is Cc1ccc2c(oc3c(-c4ccc5c(c4)C(C)(C)c4ccccc4[Si]5(C)C)c(C#N)ccc32)c1-c1cccc[n+]1C. The summed E-state index contributed by atoms with van der Waals surface area (Å²) >= 11 is 0. The second kappa shape index (κ2) is 8.77. The van der Waals surface area contributed by atoms with Crippen LogP contribution < -0.4 is 14.9 Å². The van der Waals surface area contributed by atoms with Crippen molar-refractivity contribution in [2.24, 2.45) is 7.05 Å². The fourth-order valence-corrected chi connectivity index (χ4v) is 10.5. The van der Waals surface area contributed by atoms with E-state index in [4.69, 9.17) is 4.42 Å². The van der Waals surface area contributed by atoms with Gasteiger partial charge in [-0.25, -0.2) is 4.57 Å². The molecule has 0 N–H and O–H groups in total. The number of benzene rings is 4. The van der Waals surface area contributed by atoms with E-state index < -0.39 is 8.07 Å². The van der Waals surface area contributed by atoms with Gasteiger partial charge in [0.25, 0.3) is 0 Å². The number of fused-ring (bicyclic) bond motifs is 5. The molecule has 200 valence electrons. The van der Waals surface area contributed by atoms with Crippen LogP contribution in [0.2, 0.25) is 13.1 Å². The van der Waals surface area contributed by atoms with Crippen molar-refractivity contribution >= 4 is 40.4 Å². The van der Waals surface area contributed by atoms with E-state index in [0.29, 0.717) is 5.56 Å². The predicted octanol–water partition coefficient (Wildman–Crippen LogP) is 7.39. The van der Waals surface area contributed by atoms with Gasteiger partial charge >= 0.3 is 0 Å². The van der Waals surface area contributed by atoms with Gasteiger partial charge in [0.2, 0.25) is 5.69 Å². The zero-order valence-electron chi connectivity index (χ0n) is 24.5. The van der Waals surface area contributed by atoms with Gasteiger partial charge in [0.1, 0.15) is 26.3 Å². The number of nitrogens with zero attached hydrogens (tertiary/aromatic N) is 2. The average molecular weight is 550 g/mol. The molecule has 0 spiro atoms. The molecule has 4 heteroatoms. The quantitative estimate of drug-likeness (QED) is 0.167. The number of furan rings is 1. The van der Waals surface area contributed by atoms with Crippen molar-refractivity contribution < 1.29 is 8.98 Å². The lowest BCUT2D eigenvalue weighted by molar-refractivity contribution is -0.660. The summed E-state index contributed by atoms with van der Waals surface area (Å²) in [6, 6.07) is 32.9. The first kappa shape index (κ1) is 25.5. The van der Waals surface area contributed by atoms with Gasteiger partial charge in [-0.2, -0.15) is 5.26 Å². The van der Waals surface area contributed by atoms with E-state index in [1.165, 1.54) is 21.5 Å². The smallest absolute Gasteiger partial charge is 0.216 e. The number of aromatic nitrogens is 1. The molecule has 6 aromatic rings. The van der Waals surface area contributed by atoms with Crippen molar-refractivity contribution in [1.82, 2.24) is 0 Å². The van der Waals surface area contributed by atoms with Gasteiger partial charge < -0.3 is 4.42 Å². The minimum Gasteiger partial charge on any atom is -0.454 e. The van der Waals surface area contributed by atoms with E-state index in [1.54, 1.807) is 0 Å². The summed E-state index contributed by atoms with van der Waals surface area (Å²) in [6.07, 6.45) is 2.06. The van der Waals surface area contributed by atoms with Crippen LogP contribution in [-0.2, 0) is 12.5 Å². The molecule has 3 nitrogen and oxygen atoms in total. The Morgan fingerprint density at radius 2 is 1.46 bits per heavy atom. The molecule has 1 aliphatic rings. The van der Waals surface area contributed by atoms with Crippen LogP contribution in [0.5, 0.6) is 0 Å². The van der Waals surface area contributed by atoms with Crippen LogP contribution in [0.25, 0.3) is 44.3 Å². The van der Waals surface area contributed by atoms with Crippen molar-refractivity contribution in [3.8, 4) is 28.5 Å². The summed E-state index contributed by atoms with van der Waals surface area (Å²) in [6.45, 7) is 11.7. The Kier molecular flexibility index (Phi) is 5.45. The van der Waals surface area contributed by atoms with Crippen molar-refractivity contribution in [3.05, 3.63) is 113 Å². The van der Waals surface area contributed by atoms with E-state index in [-0.39, 0.29) is 5.41 Å². The minimum absolute atomic E-state index is 0.147. The monoisotopic (exact) mass is 549 g/mol. The third-order valence-corrected chi connectivity index (χ3v) is 12.9. The Hall–Kier alpha value is -4.46. The van der Waals surface area contributed by atoms with Crippen molar-refractivity contribution in [3.63, 3.8) is 0 Å². The number of nitriles is 1. The Morgan fingerprint density at radius 1 is 0.780 bits per heavy atom. The van der Waals surface area contributed by atoms with Crippen LogP contribution in [0.3, 0.4) is 0 Å². The fourth-order valence-electron chi connectivity index (χ4n) is 7.11. The Labute approximate surface area is 242 Å². The molecular formula is C37H33N2OSi+. The van der Waals surface area contributed by atoms with Crippen LogP contribution >= 0.6 is 0 Å². The summed E-state index contributed by atoms with van der Waals surface area (Å²) in [5.74, 6) is 0. The lowest BCUT2D eigenvalue weighted by Gasteiger charge is -2.43. The maximum atomic E-state index is 10.3. The third-order valence-electron chi connectivity index (χ3n) is 9.38. The van der Waals surface area contributed by atoms with Gasteiger partial charge in [0, 0.05) is 33.9 Å². The largest absolute Gasteiger partial charge is 0.454 e. The Morgan fingerprint density at radius 3 is 2.22 bits per heavy atom. The van der Waals surface area contributed by atoms with Gasteiger partial charge in [-0.05, 0) is 47.4 Å². The van der Waals surface area contributed by atoms with Crippen LogP contribution in [0.1, 0.15) is 36.1 Å². The number of aryl methyl sites for hydroxylation is 2.